The van der Waals surface area contributed by atoms with E-state index in [1.54, 1.807) is 7.05 Å². The zero-order valence-electron chi connectivity index (χ0n) is 11.5. The summed E-state index contributed by atoms with van der Waals surface area (Å²) in [7, 11) is 1.64. The number of hydrogen-bond acceptors (Lipinski definition) is 3. The van der Waals surface area contributed by atoms with E-state index in [2.05, 4.69) is 20.2 Å². The van der Waals surface area contributed by atoms with E-state index in [1.165, 1.54) is 0 Å². The van der Waals surface area contributed by atoms with Crippen LogP contribution in [0.3, 0.4) is 0 Å². The van der Waals surface area contributed by atoms with E-state index in [-0.39, 0.29) is 5.91 Å². The lowest BCUT2D eigenvalue weighted by molar-refractivity contribution is 0.0957. The van der Waals surface area contributed by atoms with Crippen LogP contribution in [-0.2, 0) is 13.1 Å². The van der Waals surface area contributed by atoms with E-state index in [0.29, 0.717) is 12.2 Å². The third-order valence-corrected chi connectivity index (χ3v) is 3.57. The highest BCUT2D eigenvalue weighted by Gasteiger charge is 2.23. The molecule has 1 aliphatic heterocycles. The van der Waals surface area contributed by atoms with Crippen LogP contribution in [0.4, 0.5) is 0 Å². The Morgan fingerprint density at radius 2 is 2.15 bits per heavy atom. The largest absolute Gasteiger partial charge is 0.354 e. The van der Waals surface area contributed by atoms with Crippen molar-refractivity contribution in [2.75, 3.05) is 13.6 Å². The molecule has 5 heteroatoms. The minimum atomic E-state index is -0.125. The Bertz CT molecular complexity index is 618. The molecule has 0 radical (unpaired) electrons. The molecule has 2 N–H and O–H groups in total. The lowest BCUT2D eigenvalue weighted by Crippen LogP contribution is -2.22. The highest BCUT2D eigenvalue weighted by Crippen LogP contribution is 2.24. The minimum Gasteiger partial charge on any atom is -0.354 e. The molecule has 104 valence electrons. The van der Waals surface area contributed by atoms with Gasteiger partial charge >= 0.3 is 0 Å². The summed E-state index contributed by atoms with van der Waals surface area (Å²) >= 11 is 0. The molecule has 20 heavy (non-hydrogen) atoms. The number of fused-ring (bicyclic) bond motifs is 1. The number of hydrogen-bond donors (Lipinski definition) is 2. The number of carbonyl (C=O) groups is 1. The quantitative estimate of drug-likeness (QED) is 0.867. The predicted octanol–water partition coefficient (Wildman–Crippen LogP) is 1.40. The molecule has 1 aliphatic rings. The van der Waals surface area contributed by atoms with E-state index in [9.17, 15) is 4.79 Å². The lowest BCUT2D eigenvalue weighted by Gasteiger charge is -2.08. The highest BCUT2D eigenvalue weighted by molar-refractivity contribution is 5.94. The van der Waals surface area contributed by atoms with E-state index in [1.807, 2.05) is 30.3 Å². The number of benzene rings is 1. The number of nitrogens with zero attached hydrogens (tertiary/aromatic N) is 2. The van der Waals surface area contributed by atoms with Crippen molar-refractivity contribution in [3.63, 3.8) is 0 Å². The molecule has 0 saturated heterocycles. The second kappa shape index (κ2) is 5.46. The van der Waals surface area contributed by atoms with Gasteiger partial charge in [-0.05, 0) is 13.0 Å². The number of nitrogens with one attached hydrogen (secondary N) is 2. The second-order valence-electron chi connectivity index (χ2n) is 4.86. The molecule has 5 nitrogen and oxygen atoms in total. The standard InChI is InChI=1S/C15H18N4O/c1-16-15(20)13-12-10-17-8-5-9-19(12)14(18-13)11-6-3-2-4-7-11/h2-4,6-7,17H,5,8-10H2,1H3,(H,16,20). The van der Waals surface area contributed by atoms with Crippen molar-refractivity contribution in [2.24, 2.45) is 0 Å². The van der Waals surface area contributed by atoms with Crippen LogP contribution >= 0.6 is 0 Å². The molecular weight excluding hydrogens is 252 g/mol. The molecule has 2 heterocycles. The zero-order chi connectivity index (χ0) is 13.9. The summed E-state index contributed by atoms with van der Waals surface area (Å²) in [5.41, 5.74) is 2.55. The molecule has 1 aromatic carbocycles. The first-order valence-corrected chi connectivity index (χ1v) is 6.89. The second-order valence-corrected chi connectivity index (χ2v) is 4.86. The Morgan fingerprint density at radius 3 is 2.90 bits per heavy atom. The third kappa shape index (κ3) is 2.20. The number of aromatic nitrogens is 2. The number of rotatable bonds is 2. The number of amides is 1. The maximum atomic E-state index is 12.0. The van der Waals surface area contributed by atoms with Crippen LogP contribution in [0.15, 0.2) is 30.3 Å². The van der Waals surface area contributed by atoms with E-state index in [4.69, 9.17) is 0 Å². The average molecular weight is 270 g/mol. The summed E-state index contributed by atoms with van der Waals surface area (Å²) in [6.07, 6.45) is 1.04. The van der Waals surface area contributed by atoms with Crippen LogP contribution in [0.2, 0.25) is 0 Å². The van der Waals surface area contributed by atoms with Gasteiger partial charge in [0.25, 0.3) is 5.91 Å². The molecular formula is C15H18N4O. The zero-order valence-corrected chi connectivity index (χ0v) is 11.5. The molecule has 0 bridgehead atoms. The fourth-order valence-corrected chi connectivity index (χ4v) is 2.58. The van der Waals surface area contributed by atoms with Gasteiger partial charge in [0.15, 0.2) is 5.69 Å². The van der Waals surface area contributed by atoms with Crippen molar-refractivity contribution in [2.45, 2.75) is 19.5 Å². The first-order chi connectivity index (χ1) is 9.81. The first kappa shape index (κ1) is 12.9. The van der Waals surface area contributed by atoms with Crippen LogP contribution in [-0.4, -0.2) is 29.1 Å². The van der Waals surface area contributed by atoms with Crippen molar-refractivity contribution in [1.82, 2.24) is 20.2 Å². The van der Waals surface area contributed by atoms with Crippen molar-refractivity contribution < 1.29 is 4.79 Å². The van der Waals surface area contributed by atoms with Crippen LogP contribution < -0.4 is 10.6 Å². The first-order valence-electron chi connectivity index (χ1n) is 6.89. The van der Waals surface area contributed by atoms with Gasteiger partial charge in [0.05, 0.1) is 5.69 Å². The van der Waals surface area contributed by atoms with Gasteiger partial charge in [-0.2, -0.15) is 0 Å². The molecule has 2 aromatic rings. The maximum absolute atomic E-state index is 12.0. The topological polar surface area (TPSA) is 59.0 Å². The summed E-state index contributed by atoms with van der Waals surface area (Å²) in [6, 6.07) is 10.0. The van der Waals surface area contributed by atoms with Gasteiger partial charge < -0.3 is 15.2 Å². The van der Waals surface area contributed by atoms with Crippen molar-refractivity contribution in [3.05, 3.63) is 41.7 Å². The fraction of sp³-hybridized carbons (Fsp3) is 0.333. The molecule has 0 saturated carbocycles. The van der Waals surface area contributed by atoms with Gasteiger partial charge in [-0.15, -0.1) is 0 Å². The van der Waals surface area contributed by atoms with Gasteiger partial charge in [0.2, 0.25) is 0 Å². The van der Waals surface area contributed by atoms with Gasteiger partial charge in [0.1, 0.15) is 5.82 Å². The fourth-order valence-electron chi connectivity index (χ4n) is 2.58. The Morgan fingerprint density at radius 1 is 1.35 bits per heavy atom. The van der Waals surface area contributed by atoms with Crippen LogP contribution in [0.1, 0.15) is 22.6 Å². The monoisotopic (exact) mass is 270 g/mol. The molecule has 0 atom stereocenters. The van der Waals surface area contributed by atoms with Crippen LogP contribution in [0.5, 0.6) is 0 Å². The molecule has 1 amide bonds. The lowest BCUT2D eigenvalue weighted by atomic mass is 10.2. The summed E-state index contributed by atoms with van der Waals surface area (Å²) < 4.78 is 2.17. The van der Waals surface area contributed by atoms with Crippen LogP contribution in [0.25, 0.3) is 11.4 Å². The molecule has 0 aliphatic carbocycles. The third-order valence-electron chi connectivity index (χ3n) is 3.57. The smallest absolute Gasteiger partial charge is 0.271 e. The normalized spacial score (nSPS) is 14.4. The van der Waals surface area contributed by atoms with Crippen LogP contribution in [0, 0.1) is 0 Å². The molecule has 0 unspecified atom stereocenters. The maximum Gasteiger partial charge on any atom is 0.271 e. The molecule has 0 spiro atoms. The van der Waals surface area contributed by atoms with E-state index < -0.39 is 0 Å². The van der Waals surface area contributed by atoms with Crippen molar-refractivity contribution in [3.8, 4) is 11.4 Å². The van der Waals surface area contributed by atoms with Gasteiger partial charge in [-0.1, -0.05) is 30.3 Å². The summed E-state index contributed by atoms with van der Waals surface area (Å²) in [5, 5.41) is 6.02. The number of carbonyl (C=O) groups excluding carboxylic acids is 1. The van der Waals surface area contributed by atoms with Gasteiger partial charge in [-0.3, -0.25) is 4.79 Å². The van der Waals surface area contributed by atoms with E-state index in [0.717, 1.165) is 36.6 Å². The molecule has 3 rings (SSSR count). The summed E-state index contributed by atoms with van der Waals surface area (Å²) in [6.45, 7) is 2.53. The van der Waals surface area contributed by atoms with Gasteiger partial charge in [0, 0.05) is 25.7 Å². The number of imidazole rings is 1. The summed E-state index contributed by atoms with van der Waals surface area (Å²) in [5.74, 6) is 0.752. The Labute approximate surface area is 118 Å². The van der Waals surface area contributed by atoms with Gasteiger partial charge in [-0.25, -0.2) is 4.98 Å². The highest BCUT2D eigenvalue weighted by atomic mass is 16.1. The minimum absolute atomic E-state index is 0.125. The van der Waals surface area contributed by atoms with Crippen molar-refractivity contribution in [1.29, 1.82) is 0 Å². The SMILES string of the molecule is CNC(=O)c1nc(-c2ccccc2)n2c1CNCCC2. The Balaban J connectivity index is 2.15. The average Bonchev–Trinajstić information content (AvgIpc) is 2.69. The molecule has 0 fully saturated rings. The van der Waals surface area contributed by atoms with E-state index >= 15 is 0 Å². The molecule has 1 aromatic heterocycles. The Kier molecular flexibility index (Phi) is 3.52. The van der Waals surface area contributed by atoms with Crippen molar-refractivity contribution >= 4 is 5.91 Å². The summed E-state index contributed by atoms with van der Waals surface area (Å²) in [4.78, 5) is 16.6. The Hall–Kier alpha value is -2.14. The predicted molar refractivity (Wildman–Crippen MR) is 77.4 cm³/mol.